The second-order valence-electron chi connectivity index (χ2n) is 5.54. The summed E-state index contributed by atoms with van der Waals surface area (Å²) in [5.74, 6) is 0. The van der Waals surface area contributed by atoms with Gasteiger partial charge in [-0.2, -0.15) is 0 Å². The van der Waals surface area contributed by atoms with Crippen LogP contribution < -0.4 is 0 Å². The van der Waals surface area contributed by atoms with Crippen molar-refractivity contribution in [1.29, 1.82) is 0 Å². The Morgan fingerprint density at radius 2 is 2.05 bits per heavy atom. The van der Waals surface area contributed by atoms with Crippen LogP contribution in [0.2, 0.25) is 0 Å². The van der Waals surface area contributed by atoms with Crippen molar-refractivity contribution >= 4 is 27.8 Å². The highest BCUT2D eigenvalue weighted by Gasteiger charge is 2.15. The molecule has 0 saturated heterocycles. The zero-order valence-electron chi connectivity index (χ0n) is 11.7. The largest absolute Gasteiger partial charge is 0.351 e. The second-order valence-corrected chi connectivity index (χ2v) is 6.40. The van der Waals surface area contributed by atoms with E-state index >= 15 is 0 Å². The normalized spacial score (nSPS) is 16.3. The van der Waals surface area contributed by atoms with Crippen molar-refractivity contribution in [3.63, 3.8) is 0 Å². The van der Waals surface area contributed by atoms with Crippen LogP contribution in [0.25, 0.3) is 0 Å². The van der Waals surface area contributed by atoms with Gasteiger partial charge < -0.3 is 4.57 Å². The fraction of sp³-hybridized carbons (Fsp3) is 0.353. The molecule has 2 aromatic rings. The first-order valence-corrected chi connectivity index (χ1v) is 7.99. The van der Waals surface area contributed by atoms with Gasteiger partial charge in [0.25, 0.3) is 0 Å². The van der Waals surface area contributed by atoms with Crippen LogP contribution in [-0.2, 0) is 0 Å². The smallest absolute Gasteiger partial charge is 0.0772 e. The van der Waals surface area contributed by atoms with E-state index in [9.17, 15) is 0 Å². The Morgan fingerprint density at radius 3 is 2.80 bits per heavy atom. The van der Waals surface area contributed by atoms with Crippen molar-refractivity contribution in [3.05, 3.63) is 52.3 Å². The van der Waals surface area contributed by atoms with E-state index in [-0.39, 0.29) is 0 Å². The highest BCUT2D eigenvalue weighted by Crippen LogP contribution is 2.30. The van der Waals surface area contributed by atoms with Gasteiger partial charge in [0.15, 0.2) is 0 Å². The Morgan fingerprint density at radius 1 is 1.25 bits per heavy atom. The zero-order valence-corrected chi connectivity index (χ0v) is 13.3. The van der Waals surface area contributed by atoms with Gasteiger partial charge in [-0.1, -0.05) is 18.9 Å². The highest BCUT2D eigenvalue weighted by atomic mass is 79.9. The van der Waals surface area contributed by atoms with E-state index in [2.05, 4.69) is 63.0 Å². The van der Waals surface area contributed by atoms with Gasteiger partial charge in [-0.05, 0) is 59.5 Å². The minimum Gasteiger partial charge on any atom is -0.351 e. The number of rotatable bonds is 3. The standard InChI is InChI=1S/C17H19BrN2/c1-13-6-7-17(16(18)10-13)19-11-14-8-9-20(12-14)15-4-2-3-5-15/h6-12,15H,2-5H2,1H3. The Balaban J connectivity index is 1.75. The predicted octanol–water partition coefficient (Wildman–Crippen LogP) is 5.42. The molecule has 1 heterocycles. The molecule has 0 bridgehead atoms. The number of aliphatic imine (C=N–C) groups is 1. The maximum Gasteiger partial charge on any atom is 0.0772 e. The van der Waals surface area contributed by atoms with E-state index in [4.69, 9.17) is 0 Å². The van der Waals surface area contributed by atoms with Crippen LogP contribution in [0.5, 0.6) is 0 Å². The van der Waals surface area contributed by atoms with Gasteiger partial charge in [0, 0.05) is 34.7 Å². The van der Waals surface area contributed by atoms with Crippen LogP contribution in [-0.4, -0.2) is 10.8 Å². The maximum absolute atomic E-state index is 4.57. The van der Waals surface area contributed by atoms with Crippen LogP contribution in [0.3, 0.4) is 0 Å². The lowest BCUT2D eigenvalue weighted by Crippen LogP contribution is -2.00. The minimum absolute atomic E-state index is 0.697. The number of aromatic nitrogens is 1. The lowest BCUT2D eigenvalue weighted by Gasteiger charge is -2.10. The van der Waals surface area contributed by atoms with E-state index in [1.54, 1.807) is 0 Å². The number of hydrogen-bond donors (Lipinski definition) is 0. The van der Waals surface area contributed by atoms with Gasteiger partial charge in [-0.25, -0.2) is 0 Å². The van der Waals surface area contributed by atoms with Gasteiger partial charge in [-0.15, -0.1) is 0 Å². The summed E-state index contributed by atoms with van der Waals surface area (Å²) in [6.07, 6.45) is 11.7. The molecule has 104 valence electrons. The number of aryl methyl sites for hydroxylation is 1. The molecule has 20 heavy (non-hydrogen) atoms. The van der Waals surface area contributed by atoms with Crippen molar-refractivity contribution < 1.29 is 0 Å². The van der Waals surface area contributed by atoms with E-state index in [0.29, 0.717) is 6.04 Å². The molecule has 1 aromatic heterocycles. The molecule has 1 aliphatic rings. The first-order chi connectivity index (χ1) is 9.72. The van der Waals surface area contributed by atoms with E-state index < -0.39 is 0 Å². The fourth-order valence-corrected chi connectivity index (χ4v) is 3.39. The number of halogens is 1. The maximum atomic E-state index is 4.57. The molecule has 0 atom stereocenters. The predicted molar refractivity (Wildman–Crippen MR) is 88.1 cm³/mol. The van der Waals surface area contributed by atoms with E-state index in [1.807, 2.05) is 12.3 Å². The van der Waals surface area contributed by atoms with Crippen LogP contribution in [0.15, 0.2) is 46.1 Å². The summed E-state index contributed by atoms with van der Waals surface area (Å²) in [7, 11) is 0. The Hall–Kier alpha value is -1.35. The minimum atomic E-state index is 0.697. The summed E-state index contributed by atoms with van der Waals surface area (Å²) in [6.45, 7) is 2.08. The van der Waals surface area contributed by atoms with Gasteiger partial charge in [-0.3, -0.25) is 4.99 Å². The monoisotopic (exact) mass is 330 g/mol. The van der Waals surface area contributed by atoms with Crippen LogP contribution >= 0.6 is 15.9 Å². The van der Waals surface area contributed by atoms with E-state index in [1.165, 1.54) is 36.8 Å². The van der Waals surface area contributed by atoms with Gasteiger partial charge in [0.05, 0.1) is 5.69 Å². The summed E-state index contributed by atoms with van der Waals surface area (Å²) in [4.78, 5) is 4.57. The molecular weight excluding hydrogens is 312 g/mol. The Bertz CT molecular complexity index is 622. The molecule has 3 rings (SSSR count). The molecule has 0 radical (unpaired) electrons. The van der Waals surface area contributed by atoms with Crippen LogP contribution in [0.4, 0.5) is 5.69 Å². The first-order valence-electron chi connectivity index (χ1n) is 7.20. The number of nitrogens with zero attached hydrogens (tertiary/aromatic N) is 2. The average Bonchev–Trinajstić information content (AvgIpc) is 3.08. The second kappa shape index (κ2) is 5.96. The molecule has 1 saturated carbocycles. The zero-order chi connectivity index (χ0) is 13.9. The lowest BCUT2D eigenvalue weighted by molar-refractivity contribution is 0.521. The molecule has 1 fully saturated rings. The summed E-state index contributed by atoms with van der Waals surface area (Å²) in [5.41, 5.74) is 3.39. The van der Waals surface area contributed by atoms with Crippen molar-refractivity contribution in [3.8, 4) is 0 Å². The third-order valence-electron chi connectivity index (χ3n) is 3.94. The first kappa shape index (κ1) is 13.6. The average molecular weight is 331 g/mol. The van der Waals surface area contributed by atoms with Crippen molar-refractivity contribution in [2.75, 3.05) is 0 Å². The lowest BCUT2D eigenvalue weighted by atomic mass is 10.2. The third kappa shape index (κ3) is 3.04. The molecule has 1 aromatic carbocycles. The molecule has 3 heteroatoms. The summed E-state index contributed by atoms with van der Waals surface area (Å²) in [5, 5.41) is 0. The third-order valence-corrected chi connectivity index (χ3v) is 4.57. The quantitative estimate of drug-likeness (QED) is 0.668. The molecule has 0 aliphatic heterocycles. The highest BCUT2D eigenvalue weighted by molar-refractivity contribution is 9.10. The molecule has 0 N–H and O–H groups in total. The topological polar surface area (TPSA) is 17.3 Å². The Kier molecular flexibility index (Phi) is 4.06. The van der Waals surface area contributed by atoms with Gasteiger partial charge in [0.2, 0.25) is 0 Å². The SMILES string of the molecule is Cc1ccc(N=Cc2ccn(C3CCCC3)c2)c(Br)c1. The molecule has 0 spiro atoms. The van der Waals surface area contributed by atoms with Crippen LogP contribution in [0.1, 0.15) is 42.9 Å². The van der Waals surface area contributed by atoms with Crippen molar-refractivity contribution in [1.82, 2.24) is 4.57 Å². The summed E-state index contributed by atoms with van der Waals surface area (Å²) in [6, 6.07) is 9.06. The molecule has 0 unspecified atom stereocenters. The van der Waals surface area contributed by atoms with Crippen molar-refractivity contribution in [2.24, 2.45) is 4.99 Å². The number of benzene rings is 1. The van der Waals surface area contributed by atoms with E-state index in [0.717, 1.165) is 10.2 Å². The molecular formula is C17H19BrN2. The number of hydrogen-bond acceptors (Lipinski definition) is 1. The molecule has 0 amide bonds. The van der Waals surface area contributed by atoms with Gasteiger partial charge >= 0.3 is 0 Å². The fourth-order valence-electron chi connectivity index (χ4n) is 2.80. The van der Waals surface area contributed by atoms with Gasteiger partial charge in [0.1, 0.15) is 0 Å². The molecule has 2 nitrogen and oxygen atoms in total. The van der Waals surface area contributed by atoms with Crippen LogP contribution in [0, 0.1) is 6.92 Å². The summed E-state index contributed by atoms with van der Waals surface area (Å²) < 4.78 is 3.39. The molecule has 1 aliphatic carbocycles. The van der Waals surface area contributed by atoms with Crippen molar-refractivity contribution in [2.45, 2.75) is 38.6 Å². The summed E-state index contributed by atoms with van der Waals surface area (Å²) >= 11 is 3.56. The Labute approximate surface area is 128 Å².